The van der Waals surface area contributed by atoms with E-state index in [4.69, 9.17) is 4.42 Å². The topological polar surface area (TPSA) is 65.7 Å². The maximum Gasteiger partial charge on any atom is 0.255 e. The van der Waals surface area contributed by atoms with Gasteiger partial charge in [-0.1, -0.05) is 31.0 Å². The van der Waals surface area contributed by atoms with Crippen molar-refractivity contribution in [1.29, 1.82) is 0 Å². The average Bonchev–Trinajstić information content (AvgIpc) is 3.07. The second kappa shape index (κ2) is 7.18. The Kier molecular flexibility index (Phi) is 4.77. The van der Waals surface area contributed by atoms with Gasteiger partial charge in [0.2, 0.25) is 0 Å². The first-order valence-corrected chi connectivity index (χ1v) is 9.41. The second-order valence-electron chi connectivity index (χ2n) is 7.35. The van der Waals surface area contributed by atoms with Crippen molar-refractivity contribution in [3.05, 3.63) is 36.1 Å². The van der Waals surface area contributed by atoms with Crippen LogP contribution in [0.5, 0.6) is 0 Å². The molecule has 1 aromatic carbocycles. The third-order valence-electron chi connectivity index (χ3n) is 5.75. The number of aliphatic hydroxyl groups excluding tert-OH is 1. The maximum absolute atomic E-state index is 12.6. The molecule has 1 aliphatic heterocycles. The van der Waals surface area contributed by atoms with Gasteiger partial charge in [-0.3, -0.25) is 9.69 Å². The lowest BCUT2D eigenvalue weighted by atomic mass is 9.89. The SMILES string of the molecule is O=C(NC1CCN(C2CCCCC2O)CC1)c1coc2ccccc12. The van der Waals surface area contributed by atoms with E-state index in [2.05, 4.69) is 10.2 Å². The number of para-hydroxylation sites is 1. The summed E-state index contributed by atoms with van der Waals surface area (Å²) in [4.78, 5) is 15.0. The Balaban J connectivity index is 1.34. The van der Waals surface area contributed by atoms with Crippen LogP contribution < -0.4 is 5.32 Å². The number of rotatable bonds is 3. The molecule has 5 nitrogen and oxygen atoms in total. The molecule has 2 unspecified atom stereocenters. The first-order valence-electron chi connectivity index (χ1n) is 9.41. The highest BCUT2D eigenvalue weighted by Crippen LogP contribution is 2.26. The predicted octanol–water partition coefficient (Wildman–Crippen LogP) is 2.93. The molecule has 1 saturated heterocycles. The number of nitrogens with one attached hydrogen (secondary N) is 1. The standard InChI is InChI=1S/C20H26N2O3/c23-18-7-3-2-6-17(18)22-11-9-14(10-12-22)21-20(24)16-13-25-19-8-4-1-5-15(16)19/h1,4-5,8,13-14,17-18,23H,2-3,6-7,9-12H2,(H,21,24). The van der Waals surface area contributed by atoms with Gasteiger partial charge in [-0.25, -0.2) is 0 Å². The number of nitrogens with zero attached hydrogens (tertiary/aromatic N) is 1. The zero-order valence-corrected chi connectivity index (χ0v) is 14.5. The van der Waals surface area contributed by atoms with Crippen molar-refractivity contribution in [2.45, 2.75) is 56.7 Å². The monoisotopic (exact) mass is 342 g/mol. The fraction of sp³-hybridized carbons (Fsp3) is 0.550. The summed E-state index contributed by atoms with van der Waals surface area (Å²) in [5.74, 6) is -0.0545. The number of aliphatic hydroxyl groups is 1. The molecule has 2 aromatic rings. The Morgan fingerprint density at radius 2 is 1.88 bits per heavy atom. The quantitative estimate of drug-likeness (QED) is 0.900. The molecule has 1 saturated carbocycles. The molecule has 2 N–H and O–H groups in total. The minimum atomic E-state index is -0.183. The number of carbonyl (C=O) groups excluding carboxylic acids is 1. The van der Waals surface area contributed by atoms with Crippen molar-refractivity contribution in [3.63, 3.8) is 0 Å². The Bertz CT molecular complexity index is 733. The van der Waals surface area contributed by atoms with Gasteiger partial charge >= 0.3 is 0 Å². The van der Waals surface area contributed by atoms with Gasteiger partial charge in [-0.05, 0) is 31.7 Å². The van der Waals surface area contributed by atoms with Crippen molar-refractivity contribution in [1.82, 2.24) is 10.2 Å². The summed E-state index contributed by atoms with van der Waals surface area (Å²) in [6.45, 7) is 1.89. The molecular weight excluding hydrogens is 316 g/mol. The molecular formula is C20H26N2O3. The van der Waals surface area contributed by atoms with Crippen LogP contribution >= 0.6 is 0 Å². The van der Waals surface area contributed by atoms with E-state index in [-0.39, 0.29) is 18.1 Å². The Morgan fingerprint density at radius 1 is 1.12 bits per heavy atom. The molecule has 2 atom stereocenters. The van der Waals surface area contributed by atoms with Gasteiger partial charge in [0.25, 0.3) is 5.91 Å². The molecule has 134 valence electrons. The number of benzene rings is 1. The predicted molar refractivity (Wildman–Crippen MR) is 96.5 cm³/mol. The van der Waals surface area contributed by atoms with Crippen LogP contribution in [0, 0.1) is 0 Å². The van der Waals surface area contributed by atoms with Crippen molar-refractivity contribution in [3.8, 4) is 0 Å². The van der Waals surface area contributed by atoms with E-state index >= 15 is 0 Å². The van der Waals surface area contributed by atoms with E-state index in [1.54, 1.807) is 6.26 Å². The van der Waals surface area contributed by atoms with Crippen molar-refractivity contribution < 1.29 is 14.3 Å². The number of fused-ring (bicyclic) bond motifs is 1. The number of hydrogen-bond acceptors (Lipinski definition) is 4. The zero-order valence-electron chi connectivity index (χ0n) is 14.5. The van der Waals surface area contributed by atoms with Crippen molar-refractivity contribution >= 4 is 16.9 Å². The highest BCUT2D eigenvalue weighted by atomic mass is 16.3. The van der Waals surface area contributed by atoms with Crippen LogP contribution in [0.2, 0.25) is 0 Å². The molecule has 0 bridgehead atoms. The van der Waals surface area contributed by atoms with Crippen LogP contribution in [0.25, 0.3) is 11.0 Å². The number of piperidine rings is 1. The summed E-state index contributed by atoms with van der Waals surface area (Å²) in [5.41, 5.74) is 1.36. The number of amides is 1. The molecule has 2 heterocycles. The van der Waals surface area contributed by atoms with Crippen LogP contribution in [-0.4, -0.2) is 47.2 Å². The maximum atomic E-state index is 12.6. The minimum Gasteiger partial charge on any atom is -0.463 e. The molecule has 1 amide bonds. The zero-order chi connectivity index (χ0) is 17.2. The molecule has 2 aliphatic rings. The molecule has 0 spiro atoms. The van der Waals surface area contributed by atoms with Gasteiger partial charge < -0.3 is 14.8 Å². The van der Waals surface area contributed by atoms with E-state index in [0.29, 0.717) is 11.6 Å². The van der Waals surface area contributed by atoms with Gasteiger partial charge in [-0.15, -0.1) is 0 Å². The molecule has 1 aromatic heterocycles. The lowest BCUT2D eigenvalue weighted by Gasteiger charge is -2.41. The van der Waals surface area contributed by atoms with Crippen LogP contribution in [0.3, 0.4) is 0 Å². The lowest BCUT2D eigenvalue weighted by molar-refractivity contribution is 0.00728. The van der Waals surface area contributed by atoms with E-state index in [1.165, 1.54) is 6.42 Å². The molecule has 5 heteroatoms. The summed E-state index contributed by atoms with van der Waals surface area (Å²) in [6, 6.07) is 8.12. The summed E-state index contributed by atoms with van der Waals surface area (Å²) < 4.78 is 5.47. The van der Waals surface area contributed by atoms with E-state index < -0.39 is 0 Å². The average molecular weight is 342 g/mol. The number of carbonyl (C=O) groups is 1. The minimum absolute atomic E-state index is 0.0545. The summed E-state index contributed by atoms with van der Waals surface area (Å²) in [6.07, 6.45) is 7.61. The third kappa shape index (κ3) is 3.44. The number of hydrogen-bond donors (Lipinski definition) is 2. The van der Waals surface area contributed by atoms with Crippen LogP contribution in [0.1, 0.15) is 48.9 Å². The summed E-state index contributed by atoms with van der Waals surface area (Å²) >= 11 is 0. The first-order chi connectivity index (χ1) is 12.2. The van der Waals surface area contributed by atoms with Crippen LogP contribution in [0.15, 0.2) is 34.9 Å². The number of likely N-dealkylation sites (tertiary alicyclic amines) is 1. The largest absolute Gasteiger partial charge is 0.463 e. The van der Waals surface area contributed by atoms with Gasteiger partial charge in [0.15, 0.2) is 0 Å². The Morgan fingerprint density at radius 3 is 2.68 bits per heavy atom. The van der Waals surface area contributed by atoms with Crippen LogP contribution in [-0.2, 0) is 0 Å². The normalized spacial score (nSPS) is 26.0. The van der Waals surface area contributed by atoms with E-state index in [9.17, 15) is 9.90 Å². The Labute approximate surface area is 148 Å². The fourth-order valence-electron chi connectivity index (χ4n) is 4.31. The summed E-state index contributed by atoms with van der Waals surface area (Å²) in [7, 11) is 0. The molecule has 0 radical (unpaired) electrons. The molecule has 4 rings (SSSR count). The second-order valence-corrected chi connectivity index (χ2v) is 7.35. The van der Waals surface area contributed by atoms with Crippen molar-refractivity contribution in [2.75, 3.05) is 13.1 Å². The molecule has 1 aliphatic carbocycles. The molecule has 2 fully saturated rings. The fourth-order valence-corrected chi connectivity index (χ4v) is 4.31. The van der Waals surface area contributed by atoms with E-state index in [1.807, 2.05) is 24.3 Å². The summed E-state index contributed by atoms with van der Waals surface area (Å²) in [5, 5.41) is 14.3. The van der Waals surface area contributed by atoms with Crippen molar-refractivity contribution in [2.24, 2.45) is 0 Å². The molecule has 25 heavy (non-hydrogen) atoms. The highest BCUT2D eigenvalue weighted by Gasteiger charge is 2.32. The first kappa shape index (κ1) is 16.6. The highest BCUT2D eigenvalue weighted by molar-refractivity contribution is 6.05. The van der Waals surface area contributed by atoms with Gasteiger partial charge in [-0.2, -0.15) is 0 Å². The Hall–Kier alpha value is -1.85. The van der Waals surface area contributed by atoms with E-state index in [0.717, 1.165) is 56.2 Å². The van der Waals surface area contributed by atoms with Crippen LogP contribution in [0.4, 0.5) is 0 Å². The van der Waals surface area contributed by atoms with Gasteiger partial charge in [0, 0.05) is 30.6 Å². The number of furan rings is 1. The lowest BCUT2D eigenvalue weighted by Crippen LogP contribution is -2.52. The smallest absolute Gasteiger partial charge is 0.255 e. The van der Waals surface area contributed by atoms with Gasteiger partial charge in [0.1, 0.15) is 11.8 Å². The third-order valence-corrected chi connectivity index (χ3v) is 5.75. The van der Waals surface area contributed by atoms with Gasteiger partial charge in [0.05, 0.1) is 11.7 Å².